The van der Waals surface area contributed by atoms with Crippen molar-refractivity contribution in [2.24, 2.45) is 0 Å². The van der Waals surface area contributed by atoms with Gasteiger partial charge < -0.3 is 15.2 Å². The van der Waals surface area contributed by atoms with Crippen molar-refractivity contribution in [3.63, 3.8) is 0 Å². The molecule has 90 valence electrons. The fraction of sp³-hybridized carbons (Fsp3) is 0.571. The second-order valence-electron chi connectivity index (χ2n) is 5.64. The lowest BCUT2D eigenvalue weighted by atomic mass is 9.63. The molecule has 1 saturated heterocycles. The molecule has 0 aromatic heterocycles. The quantitative estimate of drug-likeness (QED) is 0.717. The summed E-state index contributed by atoms with van der Waals surface area (Å²) < 4.78 is 6.07. The van der Waals surface area contributed by atoms with Crippen LogP contribution in [0.1, 0.15) is 31.2 Å². The average Bonchev–Trinajstić information content (AvgIpc) is 2.62. The molecule has 0 radical (unpaired) electrons. The van der Waals surface area contributed by atoms with Gasteiger partial charge in [-0.1, -0.05) is 6.42 Å². The summed E-state index contributed by atoms with van der Waals surface area (Å²) in [6.07, 6.45) is 5.16. The van der Waals surface area contributed by atoms with Gasteiger partial charge in [-0.15, -0.1) is 0 Å². The van der Waals surface area contributed by atoms with Crippen LogP contribution in [0.25, 0.3) is 0 Å². The number of aromatic hydroxyl groups is 1. The van der Waals surface area contributed by atoms with E-state index in [9.17, 15) is 5.11 Å². The zero-order chi connectivity index (χ0) is 11.5. The Labute approximate surface area is 101 Å². The Morgan fingerprint density at radius 2 is 2.35 bits per heavy atom. The average molecular weight is 231 g/mol. The molecule has 2 heterocycles. The van der Waals surface area contributed by atoms with E-state index in [0.29, 0.717) is 11.8 Å². The molecule has 3 nitrogen and oxygen atoms in total. The van der Waals surface area contributed by atoms with Crippen LogP contribution in [-0.4, -0.2) is 23.8 Å². The molecule has 3 heteroatoms. The number of phenols is 1. The van der Waals surface area contributed by atoms with E-state index in [1.165, 1.54) is 24.8 Å². The minimum Gasteiger partial charge on any atom is -0.508 e. The van der Waals surface area contributed by atoms with Crippen molar-refractivity contribution < 1.29 is 9.84 Å². The van der Waals surface area contributed by atoms with Gasteiger partial charge in [0.05, 0.1) is 0 Å². The number of benzene rings is 1. The zero-order valence-electron chi connectivity index (χ0n) is 9.78. The second-order valence-corrected chi connectivity index (χ2v) is 5.64. The first-order chi connectivity index (χ1) is 8.28. The Morgan fingerprint density at radius 3 is 3.29 bits per heavy atom. The highest BCUT2D eigenvalue weighted by molar-refractivity contribution is 5.50. The Kier molecular flexibility index (Phi) is 1.82. The molecule has 0 amide bonds. The van der Waals surface area contributed by atoms with Crippen LogP contribution in [0.4, 0.5) is 0 Å². The zero-order valence-corrected chi connectivity index (χ0v) is 9.78. The largest absolute Gasteiger partial charge is 0.508 e. The van der Waals surface area contributed by atoms with Crippen LogP contribution in [0.2, 0.25) is 0 Å². The summed E-state index contributed by atoms with van der Waals surface area (Å²) in [6.45, 7) is 0.945. The third-order valence-corrected chi connectivity index (χ3v) is 4.76. The van der Waals surface area contributed by atoms with Gasteiger partial charge in [0, 0.05) is 23.6 Å². The van der Waals surface area contributed by atoms with Crippen molar-refractivity contribution >= 4 is 0 Å². The van der Waals surface area contributed by atoms with E-state index in [4.69, 9.17) is 4.74 Å². The molecule has 1 spiro atoms. The number of hydrogen-bond acceptors (Lipinski definition) is 3. The first-order valence-corrected chi connectivity index (χ1v) is 6.51. The highest BCUT2D eigenvalue weighted by Crippen LogP contribution is 2.53. The SMILES string of the molecule is Oc1ccc2c(c1)[C@]13CCC[C@@H](C1)NC[C@@H]3O2. The lowest BCUT2D eigenvalue weighted by Gasteiger charge is -2.46. The molecule has 2 aliphatic heterocycles. The molecular weight excluding hydrogens is 214 g/mol. The van der Waals surface area contributed by atoms with Crippen LogP contribution in [-0.2, 0) is 5.41 Å². The van der Waals surface area contributed by atoms with Crippen LogP contribution < -0.4 is 10.1 Å². The number of rotatable bonds is 0. The molecule has 4 rings (SSSR count). The summed E-state index contributed by atoms with van der Waals surface area (Å²) in [5.74, 6) is 1.35. The molecule has 2 bridgehead atoms. The minimum atomic E-state index is 0.169. The Hall–Kier alpha value is -1.22. The topological polar surface area (TPSA) is 41.5 Å². The van der Waals surface area contributed by atoms with Crippen LogP contribution in [0.5, 0.6) is 11.5 Å². The maximum Gasteiger partial charge on any atom is 0.124 e. The van der Waals surface area contributed by atoms with E-state index in [1.54, 1.807) is 6.07 Å². The molecule has 17 heavy (non-hydrogen) atoms. The van der Waals surface area contributed by atoms with Crippen molar-refractivity contribution in [3.8, 4) is 11.5 Å². The number of fused-ring (bicyclic) bond motifs is 2. The first kappa shape index (κ1) is 9.77. The minimum absolute atomic E-state index is 0.169. The molecule has 3 atom stereocenters. The van der Waals surface area contributed by atoms with Gasteiger partial charge in [0.25, 0.3) is 0 Å². The third kappa shape index (κ3) is 1.20. The van der Waals surface area contributed by atoms with Crippen LogP contribution >= 0.6 is 0 Å². The number of phenolic OH excluding ortho intramolecular Hbond substituents is 1. The number of nitrogens with one attached hydrogen (secondary N) is 1. The molecule has 2 N–H and O–H groups in total. The normalized spacial score (nSPS) is 38.1. The summed E-state index contributed by atoms with van der Waals surface area (Å²) >= 11 is 0. The first-order valence-electron chi connectivity index (χ1n) is 6.51. The van der Waals surface area contributed by atoms with Crippen molar-refractivity contribution in [1.82, 2.24) is 5.32 Å². The summed E-state index contributed by atoms with van der Waals surface area (Å²) in [7, 11) is 0. The number of piperidine rings is 1. The molecule has 1 saturated carbocycles. The van der Waals surface area contributed by atoms with Gasteiger partial charge in [-0.25, -0.2) is 0 Å². The molecule has 3 aliphatic rings. The second kappa shape index (κ2) is 3.16. The lowest BCUT2D eigenvalue weighted by molar-refractivity contribution is 0.0613. The number of hydrogen-bond donors (Lipinski definition) is 2. The van der Waals surface area contributed by atoms with Crippen LogP contribution in [0.3, 0.4) is 0 Å². The van der Waals surface area contributed by atoms with Crippen LogP contribution in [0, 0.1) is 0 Å². The Bertz CT molecular complexity index is 473. The highest BCUT2D eigenvalue weighted by Gasteiger charge is 2.53. The molecule has 2 fully saturated rings. The Balaban J connectivity index is 1.87. The molecular formula is C14H17NO2. The number of ether oxygens (including phenoxy) is 1. The Morgan fingerprint density at radius 1 is 1.41 bits per heavy atom. The third-order valence-electron chi connectivity index (χ3n) is 4.76. The molecule has 1 aliphatic carbocycles. The van der Waals surface area contributed by atoms with Crippen molar-refractivity contribution in [1.29, 1.82) is 0 Å². The fourth-order valence-electron chi connectivity index (χ4n) is 3.98. The highest BCUT2D eigenvalue weighted by atomic mass is 16.5. The van der Waals surface area contributed by atoms with E-state index in [0.717, 1.165) is 18.7 Å². The van der Waals surface area contributed by atoms with Crippen molar-refractivity contribution in [2.75, 3.05) is 6.54 Å². The standard InChI is InChI=1S/C14H17NO2/c16-10-3-4-12-11(6-10)14-5-1-2-9(7-14)15-8-13(14)17-12/h3-4,6,9,13,15-16H,1-2,5,7-8H2/t9-,13-,14-/m0/s1. The van der Waals surface area contributed by atoms with Crippen molar-refractivity contribution in [2.45, 2.75) is 43.2 Å². The predicted octanol–water partition coefficient (Wildman–Crippen LogP) is 1.94. The maximum atomic E-state index is 9.71. The van der Waals surface area contributed by atoms with Gasteiger partial charge in [0.1, 0.15) is 17.6 Å². The van der Waals surface area contributed by atoms with Gasteiger partial charge >= 0.3 is 0 Å². The van der Waals surface area contributed by atoms with Gasteiger partial charge in [0.15, 0.2) is 0 Å². The smallest absolute Gasteiger partial charge is 0.124 e. The van der Waals surface area contributed by atoms with Gasteiger partial charge in [-0.3, -0.25) is 0 Å². The van der Waals surface area contributed by atoms with E-state index in [-0.39, 0.29) is 11.5 Å². The van der Waals surface area contributed by atoms with Gasteiger partial charge in [-0.05, 0) is 37.5 Å². The molecule has 1 aromatic carbocycles. The van der Waals surface area contributed by atoms with E-state index in [2.05, 4.69) is 5.32 Å². The summed E-state index contributed by atoms with van der Waals surface area (Å²) in [5, 5.41) is 13.3. The van der Waals surface area contributed by atoms with Gasteiger partial charge in [-0.2, -0.15) is 0 Å². The predicted molar refractivity (Wildman–Crippen MR) is 64.5 cm³/mol. The molecule has 0 unspecified atom stereocenters. The molecule has 1 aromatic rings. The van der Waals surface area contributed by atoms with E-state index < -0.39 is 0 Å². The van der Waals surface area contributed by atoms with Crippen molar-refractivity contribution in [3.05, 3.63) is 23.8 Å². The van der Waals surface area contributed by atoms with Crippen LogP contribution in [0.15, 0.2) is 18.2 Å². The fourth-order valence-corrected chi connectivity index (χ4v) is 3.98. The van der Waals surface area contributed by atoms with E-state index in [1.807, 2.05) is 12.1 Å². The maximum absolute atomic E-state index is 9.71. The van der Waals surface area contributed by atoms with Gasteiger partial charge in [0.2, 0.25) is 0 Å². The lowest BCUT2D eigenvalue weighted by Crippen LogP contribution is -2.57. The summed E-state index contributed by atoms with van der Waals surface area (Å²) in [5.41, 5.74) is 1.41. The summed E-state index contributed by atoms with van der Waals surface area (Å²) in [6, 6.07) is 6.20. The van der Waals surface area contributed by atoms with E-state index >= 15 is 0 Å². The monoisotopic (exact) mass is 231 g/mol. The summed E-state index contributed by atoms with van der Waals surface area (Å²) in [4.78, 5) is 0.